The fourth-order valence-corrected chi connectivity index (χ4v) is 3.41. The van der Waals surface area contributed by atoms with Crippen molar-refractivity contribution in [2.75, 3.05) is 11.1 Å². The van der Waals surface area contributed by atoms with Crippen molar-refractivity contribution in [1.29, 1.82) is 0 Å². The van der Waals surface area contributed by atoms with Crippen LogP contribution in [0, 0.1) is 11.6 Å². The number of anilines is 1. The van der Waals surface area contributed by atoms with Crippen LogP contribution in [0.2, 0.25) is 0 Å². The first-order valence-electron chi connectivity index (χ1n) is 8.43. The molecule has 0 saturated heterocycles. The Balaban J connectivity index is 1.43. The zero-order chi connectivity index (χ0) is 18.8. The molecule has 9 heteroatoms. The molecule has 2 aromatic heterocycles. The number of halogens is 2. The minimum Gasteiger partial charge on any atom is -0.467 e. The number of carbonyl (C=O) groups excluding carboxylic acids is 1. The van der Waals surface area contributed by atoms with Crippen LogP contribution in [-0.2, 0) is 11.3 Å². The van der Waals surface area contributed by atoms with Gasteiger partial charge in [-0.2, -0.15) is 0 Å². The predicted octanol–water partition coefficient (Wildman–Crippen LogP) is 3.81. The smallest absolute Gasteiger partial charge is 0.234 e. The molecule has 0 unspecified atom stereocenters. The Morgan fingerprint density at radius 3 is 2.85 bits per heavy atom. The summed E-state index contributed by atoms with van der Waals surface area (Å²) in [6.07, 6.45) is 3.75. The van der Waals surface area contributed by atoms with Crippen LogP contribution in [0.3, 0.4) is 0 Å². The van der Waals surface area contributed by atoms with Crippen LogP contribution < -0.4 is 5.32 Å². The molecule has 0 radical (unpaired) electrons. The second kappa shape index (κ2) is 7.51. The van der Waals surface area contributed by atoms with E-state index in [1.54, 1.807) is 6.26 Å². The molecular weight excluding hydrogens is 374 g/mol. The molecule has 4 rings (SSSR count). The number of nitrogens with one attached hydrogen (secondary N) is 1. The summed E-state index contributed by atoms with van der Waals surface area (Å²) in [4.78, 5) is 12.1. The summed E-state index contributed by atoms with van der Waals surface area (Å²) in [6.45, 7) is 0.488. The number of nitrogens with zero attached hydrogens (tertiary/aromatic N) is 3. The highest BCUT2D eigenvalue weighted by Gasteiger charge is 2.30. The maximum atomic E-state index is 13.7. The van der Waals surface area contributed by atoms with Crippen LogP contribution in [0.4, 0.5) is 14.5 Å². The number of thioether (sulfide) groups is 1. The molecule has 0 atom stereocenters. The van der Waals surface area contributed by atoms with Crippen molar-refractivity contribution in [1.82, 2.24) is 14.8 Å². The van der Waals surface area contributed by atoms with E-state index in [0.29, 0.717) is 17.6 Å². The van der Waals surface area contributed by atoms with Gasteiger partial charge in [-0.05, 0) is 37.1 Å². The molecule has 1 aromatic carbocycles. The lowest BCUT2D eigenvalue weighted by Crippen LogP contribution is -2.16. The molecule has 1 N–H and O–H groups in total. The van der Waals surface area contributed by atoms with Crippen molar-refractivity contribution in [3.8, 4) is 0 Å². The van der Waals surface area contributed by atoms with Gasteiger partial charge in [0.2, 0.25) is 5.91 Å². The number of furan rings is 1. The second-order valence-electron chi connectivity index (χ2n) is 6.24. The van der Waals surface area contributed by atoms with E-state index in [2.05, 4.69) is 15.5 Å². The largest absolute Gasteiger partial charge is 0.467 e. The highest BCUT2D eigenvalue weighted by molar-refractivity contribution is 7.99. The van der Waals surface area contributed by atoms with Gasteiger partial charge < -0.3 is 9.73 Å². The van der Waals surface area contributed by atoms with Crippen LogP contribution in [-0.4, -0.2) is 26.4 Å². The van der Waals surface area contributed by atoms with E-state index in [1.807, 2.05) is 16.7 Å². The number of amides is 1. The summed E-state index contributed by atoms with van der Waals surface area (Å²) in [5.74, 6) is 0.159. The summed E-state index contributed by atoms with van der Waals surface area (Å²) in [5, 5.41) is 11.5. The third-order valence-corrected chi connectivity index (χ3v) is 5.09. The lowest BCUT2D eigenvalue weighted by molar-refractivity contribution is -0.113. The average Bonchev–Trinajstić information content (AvgIpc) is 3.20. The van der Waals surface area contributed by atoms with Crippen molar-refractivity contribution in [3.63, 3.8) is 0 Å². The molecule has 140 valence electrons. The van der Waals surface area contributed by atoms with Gasteiger partial charge in [0, 0.05) is 12.0 Å². The molecule has 1 amide bonds. The number of aromatic nitrogens is 3. The Kier molecular flexibility index (Phi) is 4.93. The molecular formula is C18H16F2N4O2S. The Morgan fingerprint density at radius 2 is 2.15 bits per heavy atom. The SMILES string of the molecule is O=C(CSc1nnc(C2CC2)n1Cc1ccco1)Nc1ccc(F)cc1F. The monoisotopic (exact) mass is 390 g/mol. The van der Waals surface area contributed by atoms with Gasteiger partial charge in [0.25, 0.3) is 0 Å². The van der Waals surface area contributed by atoms with Gasteiger partial charge in [-0.25, -0.2) is 8.78 Å². The average molecular weight is 390 g/mol. The Labute approximate surface area is 158 Å². The number of hydrogen-bond acceptors (Lipinski definition) is 5. The topological polar surface area (TPSA) is 73.0 Å². The number of benzene rings is 1. The highest BCUT2D eigenvalue weighted by Crippen LogP contribution is 2.40. The lowest BCUT2D eigenvalue weighted by Gasteiger charge is -2.09. The third kappa shape index (κ3) is 4.19. The minimum absolute atomic E-state index is 0.0256. The van der Waals surface area contributed by atoms with Gasteiger partial charge in [-0.1, -0.05) is 11.8 Å². The first-order valence-corrected chi connectivity index (χ1v) is 9.42. The van der Waals surface area contributed by atoms with Gasteiger partial charge in [-0.3, -0.25) is 9.36 Å². The molecule has 2 heterocycles. The van der Waals surface area contributed by atoms with Gasteiger partial charge in [0.1, 0.15) is 23.2 Å². The van der Waals surface area contributed by atoms with Crippen LogP contribution >= 0.6 is 11.8 Å². The van der Waals surface area contributed by atoms with E-state index in [4.69, 9.17) is 4.42 Å². The summed E-state index contributed by atoms with van der Waals surface area (Å²) < 4.78 is 34.0. The fourth-order valence-electron chi connectivity index (χ4n) is 2.66. The third-order valence-electron chi connectivity index (χ3n) is 4.12. The van der Waals surface area contributed by atoms with Crippen molar-refractivity contribution in [2.24, 2.45) is 0 Å². The van der Waals surface area contributed by atoms with Crippen LogP contribution in [0.25, 0.3) is 0 Å². The Bertz CT molecular complexity index is 954. The molecule has 6 nitrogen and oxygen atoms in total. The molecule has 1 aliphatic carbocycles. The zero-order valence-corrected chi connectivity index (χ0v) is 15.0. The Morgan fingerprint density at radius 1 is 1.30 bits per heavy atom. The molecule has 0 spiro atoms. The van der Waals surface area contributed by atoms with E-state index in [1.165, 1.54) is 17.8 Å². The van der Waals surface area contributed by atoms with Crippen LogP contribution in [0.5, 0.6) is 0 Å². The maximum absolute atomic E-state index is 13.7. The van der Waals surface area contributed by atoms with Gasteiger partial charge in [-0.15, -0.1) is 10.2 Å². The molecule has 3 aromatic rings. The van der Waals surface area contributed by atoms with Crippen molar-refractivity contribution in [2.45, 2.75) is 30.5 Å². The zero-order valence-electron chi connectivity index (χ0n) is 14.2. The summed E-state index contributed by atoms with van der Waals surface area (Å²) in [7, 11) is 0. The predicted molar refractivity (Wildman–Crippen MR) is 95.5 cm³/mol. The molecule has 0 bridgehead atoms. The molecule has 1 saturated carbocycles. The molecule has 1 fully saturated rings. The van der Waals surface area contributed by atoms with Crippen molar-refractivity contribution in [3.05, 3.63) is 59.8 Å². The van der Waals surface area contributed by atoms with E-state index in [9.17, 15) is 13.6 Å². The van der Waals surface area contributed by atoms with Gasteiger partial charge in [0.15, 0.2) is 5.16 Å². The van der Waals surface area contributed by atoms with Crippen LogP contribution in [0.1, 0.15) is 30.3 Å². The van der Waals surface area contributed by atoms with Crippen LogP contribution in [0.15, 0.2) is 46.2 Å². The number of carbonyl (C=O) groups is 1. The summed E-state index contributed by atoms with van der Waals surface area (Å²) >= 11 is 1.21. The summed E-state index contributed by atoms with van der Waals surface area (Å²) in [6, 6.07) is 6.69. The van der Waals surface area contributed by atoms with E-state index in [-0.39, 0.29) is 11.4 Å². The minimum atomic E-state index is -0.814. The quantitative estimate of drug-likeness (QED) is 0.621. The number of rotatable bonds is 7. The highest BCUT2D eigenvalue weighted by atomic mass is 32.2. The molecule has 27 heavy (non-hydrogen) atoms. The van der Waals surface area contributed by atoms with E-state index >= 15 is 0 Å². The molecule has 0 aliphatic heterocycles. The second-order valence-corrected chi connectivity index (χ2v) is 7.18. The maximum Gasteiger partial charge on any atom is 0.234 e. The number of hydrogen-bond donors (Lipinski definition) is 1. The van der Waals surface area contributed by atoms with E-state index < -0.39 is 17.5 Å². The first kappa shape index (κ1) is 17.7. The summed E-state index contributed by atoms with van der Waals surface area (Å²) in [5.41, 5.74) is -0.0577. The first-order chi connectivity index (χ1) is 13.1. The standard InChI is InChI=1S/C18H16F2N4O2S/c19-12-5-6-15(14(20)8-12)21-16(25)10-27-18-23-22-17(11-3-4-11)24(18)9-13-2-1-7-26-13/h1-2,5-8,11H,3-4,9-10H2,(H,21,25). The van der Waals surface area contributed by atoms with Crippen molar-refractivity contribution < 1.29 is 18.0 Å². The van der Waals surface area contributed by atoms with Crippen molar-refractivity contribution >= 4 is 23.4 Å². The van der Waals surface area contributed by atoms with E-state index in [0.717, 1.165) is 36.6 Å². The Hall–Kier alpha value is -2.68. The molecule has 1 aliphatic rings. The van der Waals surface area contributed by atoms with Gasteiger partial charge in [0.05, 0.1) is 24.2 Å². The fraction of sp³-hybridized carbons (Fsp3) is 0.278. The normalized spacial score (nSPS) is 13.7. The lowest BCUT2D eigenvalue weighted by atomic mass is 10.3. The van der Waals surface area contributed by atoms with Gasteiger partial charge >= 0.3 is 0 Å².